The second kappa shape index (κ2) is 6.24. The Morgan fingerprint density at radius 1 is 1.14 bits per heavy atom. The van der Waals surface area contributed by atoms with E-state index in [-0.39, 0.29) is 6.03 Å². The lowest BCUT2D eigenvalue weighted by atomic mass is 9.87. The molecule has 2 rings (SSSR count). The highest BCUT2D eigenvalue weighted by molar-refractivity contribution is 5.83. The van der Waals surface area contributed by atoms with E-state index in [0.717, 1.165) is 19.4 Å². The number of carbonyl (C=O) groups excluding carboxylic acids is 1. The molecular formula is C16H28N2O3. The first-order chi connectivity index (χ1) is 9.80. The molecule has 0 spiro atoms. The lowest BCUT2D eigenvalue weighted by Crippen LogP contribution is -2.54. The summed E-state index contributed by atoms with van der Waals surface area (Å²) >= 11 is 0. The number of carboxylic acids is 1. The van der Waals surface area contributed by atoms with Crippen molar-refractivity contribution in [1.82, 2.24) is 10.2 Å². The summed E-state index contributed by atoms with van der Waals surface area (Å²) in [5, 5.41) is 12.1. The number of amides is 2. The maximum Gasteiger partial charge on any atom is 0.326 e. The highest BCUT2D eigenvalue weighted by Gasteiger charge is 2.39. The number of hydrogen-bond donors (Lipinski definition) is 2. The molecule has 2 unspecified atom stereocenters. The van der Waals surface area contributed by atoms with Crippen LogP contribution in [0.4, 0.5) is 4.79 Å². The Balaban J connectivity index is 2.02. The van der Waals surface area contributed by atoms with Gasteiger partial charge in [0.25, 0.3) is 0 Å². The van der Waals surface area contributed by atoms with Gasteiger partial charge in [-0.1, -0.05) is 33.6 Å². The first kappa shape index (κ1) is 16.1. The van der Waals surface area contributed by atoms with Gasteiger partial charge in [0.2, 0.25) is 0 Å². The molecule has 1 saturated heterocycles. The summed E-state index contributed by atoms with van der Waals surface area (Å²) in [6.07, 6.45) is 7.02. The Hall–Kier alpha value is -1.26. The summed E-state index contributed by atoms with van der Waals surface area (Å²) in [7, 11) is 0. The number of hydrogen-bond acceptors (Lipinski definition) is 2. The molecule has 2 atom stereocenters. The van der Waals surface area contributed by atoms with E-state index in [1.165, 1.54) is 25.7 Å². The summed E-state index contributed by atoms with van der Waals surface area (Å²) in [6, 6.07) is -0.747. The van der Waals surface area contributed by atoms with Gasteiger partial charge in [-0.2, -0.15) is 0 Å². The Kier molecular flexibility index (Phi) is 4.79. The summed E-state index contributed by atoms with van der Waals surface area (Å²) in [5.41, 5.74) is -0.496. The van der Waals surface area contributed by atoms with Crippen LogP contribution in [0, 0.1) is 11.3 Å². The molecule has 21 heavy (non-hydrogen) atoms. The molecule has 0 aromatic heterocycles. The second-order valence-corrected chi connectivity index (χ2v) is 7.53. The monoisotopic (exact) mass is 296 g/mol. The van der Waals surface area contributed by atoms with Crippen LogP contribution >= 0.6 is 0 Å². The first-order valence-electron chi connectivity index (χ1n) is 8.10. The molecule has 1 aliphatic heterocycles. The Labute approximate surface area is 127 Å². The number of carboxylic acid groups (broad SMARTS) is 1. The first-order valence-corrected chi connectivity index (χ1v) is 8.10. The molecule has 2 aliphatic rings. The molecular weight excluding hydrogens is 268 g/mol. The van der Waals surface area contributed by atoms with E-state index in [4.69, 9.17) is 0 Å². The van der Waals surface area contributed by atoms with Crippen molar-refractivity contribution in [1.29, 1.82) is 0 Å². The van der Waals surface area contributed by atoms with E-state index < -0.39 is 17.4 Å². The molecule has 2 amide bonds. The van der Waals surface area contributed by atoms with Crippen LogP contribution in [-0.2, 0) is 4.79 Å². The van der Waals surface area contributed by atoms with Gasteiger partial charge in [0, 0.05) is 12.6 Å². The zero-order chi connectivity index (χ0) is 15.6. The average molecular weight is 296 g/mol. The fraction of sp³-hybridized carbons (Fsp3) is 0.875. The van der Waals surface area contributed by atoms with E-state index in [2.05, 4.69) is 5.32 Å². The largest absolute Gasteiger partial charge is 0.480 e. The van der Waals surface area contributed by atoms with E-state index in [1.807, 2.05) is 25.7 Å². The van der Waals surface area contributed by atoms with Gasteiger partial charge in [-0.15, -0.1) is 0 Å². The van der Waals surface area contributed by atoms with Crippen LogP contribution in [-0.4, -0.2) is 40.6 Å². The van der Waals surface area contributed by atoms with Gasteiger partial charge in [0.05, 0.1) is 0 Å². The third-order valence-electron chi connectivity index (χ3n) is 4.88. The van der Waals surface area contributed by atoms with Gasteiger partial charge in [-0.3, -0.25) is 0 Å². The summed E-state index contributed by atoms with van der Waals surface area (Å²) in [5.74, 6) is -0.358. The highest BCUT2D eigenvalue weighted by Crippen LogP contribution is 2.35. The minimum atomic E-state index is -0.965. The third-order valence-corrected chi connectivity index (χ3v) is 4.88. The van der Waals surface area contributed by atoms with Crippen LogP contribution in [0.15, 0.2) is 0 Å². The van der Waals surface area contributed by atoms with Crippen molar-refractivity contribution in [3.8, 4) is 0 Å². The number of rotatable bonds is 3. The topological polar surface area (TPSA) is 69.6 Å². The van der Waals surface area contributed by atoms with Gasteiger partial charge < -0.3 is 15.3 Å². The van der Waals surface area contributed by atoms with Gasteiger partial charge in [-0.25, -0.2) is 9.59 Å². The fourth-order valence-corrected chi connectivity index (χ4v) is 3.73. The molecule has 0 aromatic rings. The lowest BCUT2D eigenvalue weighted by Gasteiger charge is -2.33. The molecule has 2 fully saturated rings. The number of nitrogens with one attached hydrogen (secondary N) is 1. The van der Waals surface area contributed by atoms with Crippen molar-refractivity contribution in [2.75, 3.05) is 6.54 Å². The quantitative estimate of drug-likeness (QED) is 0.841. The van der Waals surface area contributed by atoms with Crippen LogP contribution in [0.25, 0.3) is 0 Å². The molecule has 2 N–H and O–H groups in total. The van der Waals surface area contributed by atoms with Crippen LogP contribution in [0.3, 0.4) is 0 Å². The van der Waals surface area contributed by atoms with Crippen molar-refractivity contribution in [2.24, 2.45) is 11.3 Å². The maximum atomic E-state index is 12.5. The van der Waals surface area contributed by atoms with Crippen molar-refractivity contribution < 1.29 is 14.7 Å². The minimum absolute atomic E-state index is 0.202. The van der Waals surface area contributed by atoms with E-state index in [9.17, 15) is 14.7 Å². The second-order valence-electron chi connectivity index (χ2n) is 7.53. The summed E-state index contributed by atoms with van der Waals surface area (Å²) in [4.78, 5) is 25.8. The van der Waals surface area contributed by atoms with Gasteiger partial charge in [0.1, 0.15) is 6.04 Å². The average Bonchev–Trinajstić information content (AvgIpc) is 3.02. The van der Waals surface area contributed by atoms with E-state index >= 15 is 0 Å². The number of aliphatic carboxylic acids is 1. The Bertz CT molecular complexity index is 397. The van der Waals surface area contributed by atoms with Crippen molar-refractivity contribution in [3.63, 3.8) is 0 Å². The fourth-order valence-electron chi connectivity index (χ4n) is 3.73. The standard InChI is InChI=1S/C16H28N2O3/c1-16(2,3)13(14(19)20)17-15(21)18-10-6-9-12(18)11-7-4-5-8-11/h11-13H,4-10H2,1-3H3,(H,17,21)(H,19,20). The van der Waals surface area contributed by atoms with Gasteiger partial charge >= 0.3 is 12.0 Å². The Morgan fingerprint density at radius 3 is 2.29 bits per heavy atom. The van der Waals surface area contributed by atoms with Gasteiger partial charge in [0.15, 0.2) is 0 Å². The molecule has 0 aromatic carbocycles. The van der Waals surface area contributed by atoms with E-state index in [1.54, 1.807) is 0 Å². The number of carbonyl (C=O) groups is 2. The van der Waals surface area contributed by atoms with E-state index in [0.29, 0.717) is 12.0 Å². The minimum Gasteiger partial charge on any atom is -0.480 e. The third kappa shape index (κ3) is 3.69. The van der Waals surface area contributed by atoms with Crippen LogP contribution in [0.5, 0.6) is 0 Å². The van der Waals surface area contributed by atoms with Crippen molar-refractivity contribution >= 4 is 12.0 Å². The zero-order valence-corrected chi connectivity index (χ0v) is 13.4. The summed E-state index contributed by atoms with van der Waals surface area (Å²) in [6.45, 7) is 6.27. The van der Waals surface area contributed by atoms with Crippen LogP contribution < -0.4 is 5.32 Å². The normalized spacial score (nSPS) is 25.1. The highest BCUT2D eigenvalue weighted by atomic mass is 16.4. The molecule has 1 heterocycles. The Morgan fingerprint density at radius 2 is 1.76 bits per heavy atom. The molecule has 5 heteroatoms. The molecule has 1 saturated carbocycles. The smallest absolute Gasteiger partial charge is 0.326 e. The van der Waals surface area contributed by atoms with Crippen molar-refractivity contribution in [3.05, 3.63) is 0 Å². The lowest BCUT2D eigenvalue weighted by molar-refractivity contribution is -0.142. The number of nitrogens with zero attached hydrogens (tertiary/aromatic N) is 1. The summed E-state index contributed by atoms with van der Waals surface area (Å²) < 4.78 is 0. The molecule has 0 radical (unpaired) electrons. The SMILES string of the molecule is CC(C)(C)C(NC(=O)N1CCCC1C1CCCC1)C(=O)O. The number of urea groups is 1. The predicted octanol–water partition coefficient (Wildman–Crippen LogP) is 2.85. The molecule has 120 valence electrons. The molecule has 1 aliphatic carbocycles. The van der Waals surface area contributed by atoms with Gasteiger partial charge in [-0.05, 0) is 37.0 Å². The van der Waals surface area contributed by atoms with Crippen molar-refractivity contribution in [2.45, 2.75) is 71.4 Å². The molecule has 0 bridgehead atoms. The van der Waals surface area contributed by atoms with Crippen LogP contribution in [0.1, 0.15) is 59.3 Å². The maximum absolute atomic E-state index is 12.5. The number of likely N-dealkylation sites (tertiary alicyclic amines) is 1. The molecule has 5 nitrogen and oxygen atoms in total. The zero-order valence-electron chi connectivity index (χ0n) is 13.4. The van der Waals surface area contributed by atoms with Crippen LogP contribution in [0.2, 0.25) is 0 Å². The predicted molar refractivity (Wildman–Crippen MR) is 81.1 cm³/mol.